The van der Waals surface area contributed by atoms with E-state index in [-0.39, 0.29) is 11.8 Å². The van der Waals surface area contributed by atoms with Crippen LogP contribution in [0.1, 0.15) is 22.8 Å². The van der Waals surface area contributed by atoms with E-state index < -0.39 is 0 Å². The molecule has 0 saturated carbocycles. The number of aliphatic imine (C=N–C) groups is 1. The fraction of sp³-hybridized carbons (Fsp3) is 0.320. The van der Waals surface area contributed by atoms with Gasteiger partial charge in [0.1, 0.15) is 0 Å². The second-order valence-electron chi connectivity index (χ2n) is 7.67. The van der Waals surface area contributed by atoms with E-state index in [1.54, 1.807) is 37.3 Å². The Morgan fingerprint density at radius 1 is 1.18 bits per heavy atom. The quantitative estimate of drug-likeness (QED) is 0.584. The van der Waals surface area contributed by atoms with Crippen molar-refractivity contribution >= 4 is 40.5 Å². The minimum absolute atomic E-state index is 0.0425. The molecule has 178 valence electrons. The lowest BCUT2D eigenvalue weighted by Crippen LogP contribution is -2.40. The van der Waals surface area contributed by atoms with Crippen LogP contribution in [0.3, 0.4) is 0 Å². The summed E-state index contributed by atoms with van der Waals surface area (Å²) in [7, 11) is 3.28. The van der Waals surface area contributed by atoms with Crippen LogP contribution in [-0.4, -0.2) is 73.8 Å². The first-order chi connectivity index (χ1) is 16.5. The summed E-state index contributed by atoms with van der Waals surface area (Å²) in [6, 6.07) is 12.7. The molecule has 4 rings (SSSR count). The summed E-state index contributed by atoms with van der Waals surface area (Å²) in [6.07, 6.45) is 1.81. The molecule has 2 amide bonds. The molecule has 0 aliphatic carbocycles. The molecule has 9 heteroatoms. The van der Waals surface area contributed by atoms with Crippen molar-refractivity contribution in [3.05, 3.63) is 58.5 Å². The van der Waals surface area contributed by atoms with E-state index >= 15 is 0 Å². The average Bonchev–Trinajstić information content (AvgIpc) is 3.12. The van der Waals surface area contributed by atoms with Gasteiger partial charge in [0.25, 0.3) is 11.8 Å². The van der Waals surface area contributed by atoms with Crippen LogP contribution in [0, 0.1) is 0 Å². The molecule has 2 saturated heterocycles. The molecule has 0 spiro atoms. The number of amides is 2. The Kier molecular flexibility index (Phi) is 7.54. The second kappa shape index (κ2) is 10.8. The fourth-order valence-corrected chi connectivity index (χ4v) is 4.61. The number of thioether (sulfide) groups is 1. The van der Waals surface area contributed by atoms with Crippen molar-refractivity contribution in [2.75, 3.05) is 47.1 Å². The lowest BCUT2D eigenvalue weighted by molar-refractivity contribution is -0.121. The summed E-state index contributed by atoms with van der Waals surface area (Å²) in [5.74, 6) is 1.08. The van der Waals surface area contributed by atoms with Crippen LogP contribution in [0.4, 0.5) is 5.69 Å². The molecular weight excluding hydrogens is 454 g/mol. The third-order valence-electron chi connectivity index (χ3n) is 5.41. The van der Waals surface area contributed by atoms with Gasteiger partial charge in [0.15, 0.2) is 16.7 Å². The van der Waals surface area contributed by atoms with Crippen molar-refractivity contribution in [1.82, 2.24) is 9.80 Å². The third kappa shape index (κ3) is 5.26. The van der Waals surface area contributed by atoms with Gasteiger partial charge in [-0.15, -0.1) is 0 Å². The van der Waals surface area contributed by atoms with Gasteiger partial charge in [-0.2, -0.15) is 0 Å². The van der Waals surface area contributed by atoms with Crippen LogP contribution in [0.25, 0.3) is 6.08 Å². The van der Waals surface area contributed by atoms with E-state index in [1.807, 2.05) is 37.3 Å². The van der Waals surface area contributed by atoms with Crippen LogP contribution in [0.2, 0.25) is 0 Å². The van der Waals surface area contributed by atoms with Crippen LogP contribution >= 0.6 is 11.8 Å². The monoisotopic (exact) mass is 481 g/mol. The highest BCUT2D eigenvalue weighted by Gasteiger charge is 2.30. The summed E-state index contributed by atoms with van der Waals surface area (Å²) < 4.78 is 16.3. The first-order valence-corrected chi connectivity index (χ1v) is 11.9. The average molecular weight is 482 g/mol. The predicted octanol–water partition coefficient (Wildman–Crippen LogP) is 3.80. The maximum absolute atomic E-state index is 12.9. The maximum Gasteiger partial charge on any atom is 0.266 e. The van der Waals surface area contributed by atoms with Gasteiger partial charge in [0, 0.05) is 25.7 Å². The normalized spacial score (nSPS) is 18.6. The molecular formula is C25H27N3O5S. The Labute approximate surface area is 203 Å². The molecule has 34 heavy (non-hydrogen) atoms. The summed E-state index contributed by atoms with van der Waals surface area (Å²) in [6.45, 7) is 4.67. The van der Waals surface area contributed by atoms with Crippen molar-refractivity contribution in [3.63, 3.8) is 0 Å². The molecule has 0 aromatic heterocycles. The summed E-state index contributed by atoms with van der Waals surface area (Å²) >= 11 is 1.29. The zero-order chi connectivity index (χ0) is 24.1. The number of likely N-dealkylation sites (N-methyl/N-ethyl adjacent to an activating group) is 1. The van der Waals surface area contributed by atoms with Crippen molar-refractivity contribution in [3.8, 4) is 11.5 Å². The number of benzene rings is 2. The molecule has 0 radical (unpaired) electrons. The molecule has 0 atom stereocenters. The molecule has 2 aromatic rings. The fourth-order valence-electron chi connectivity index (χ4n) is 3.62. The van der Waals surface area contributed by atoms with E-state index in [0.717, 1.165) is 5.56 Å². The lowest BCUT2D eigenvalue weighted by atomic mass is 10.1. The third-order valence-corrected chi connectivity index (χ3v) is 6.47. The lowest BCUT2D eigenvalue weighted by Gasteiger charge is -2.26. The molecule has 0 N–H and O–H groups in total. The Morgan fingerprint density at radius 2 is 1.97 bits per heavy atom. The van der Waals surface area contributed by atoms with Crippen LogP contribution in [0.5, 0.6) is 11.5 Å². The van der Waals surface area contributed by atoms with E-state index in [4.69, 9.17) is 14.2 Å². The van der Waals surface area contributed by atoms with Crippen LogP contribution in [0.15, 0.2) is 52.4 Å². The second-order valence-corrected chi connectivity index (χ2v) is 8.68. The van der Waals surface area contributed by atoms with Crippen LogP contribution < -0.4 is 9.47 Å². The number of ether oxygens (including phenoxy) is 3. The molecule has 2 heterocycles. The molecule has 0 unspecified atom stereocenters. The van der Waals surface area contributed by atoms with Gasteiger partial charge in [-0.25, -0.2) is 4.99 Å². The van der Waals surface area contributed by atoms with Crippen molar-refractivity contribution in [2.24, 2.45) is 4.99 Å². The van der Waals surface area contributed by atoms with Crippen LogP contribution in [-0.2, 0) is 9.53 Å². The van der Waals surface area contributed by atoms with Gasteiger partial charge in [0.05, 0.1) is 37.5 Å². The Hall–Kier alpha value is -3.30. The standard InChI is InChI=1S/C25H27N3O5S/c1-4-33-21-14-17(8-9-20(21)31-3)15-22-24(30)27(2)25(34-22)26-19-7-5-6-18(16-19)23(29)28-10-12-32-13-11-28/h5-9,14-16H,4,10-13H2,1-3H3/b22-15+,26-25?. The first-order valence-electron chi connectivity index (χ1n) is 11.0. The molecule has 2 aliphatic heterocycles. The largest absolute Gasteiger partial charge is 0.493 e. The molecule has 0 bridgehead atoms. The highest BCUT2D eigenvalue weighted by atomic mass is 32.2. The Bertz CT molecular complexity index is 1140. The van der Waals surface area contributed by atoms with Gasteiger partial charge in [0.2, 0.25) is 0 Å². The number of hydrogen-bond donors (Lipinski definition) is 0. The van der Waals surface area contributed by atoms with E-state index in [1.165, 1.54) is 16.7 Å². The number of amidine groups is 1. The van der Waals surface area contributed by atoms with Crippen molar-refractivity contribution < 1.29 is 23.8 Å². The van der Waals surface area contributed by atoms with Gasteiger partial charge in [-0.3, -0.25) is 14.5 Å². The van der Waals surface area contributed by atoms with Gasteiger partial charge in [-0.05, 0) is 60.7 Å². The number of carbonyl (C=O) groups is 2. The number of methoxy groups -OCH3 is 1. The SMILES string of the molecule is CCOc1cc(/C=C2/SC(=Nc3cccc(C(=O)N4CCOCC4)c3)N(C)C2=O)ccc1OC. The van der Waals surface area contributed by atoms with Crippen molar-refractivity contribution in [1.29, 1.82) is 0 Å². The molecule has 2 fully saturated rings. The highest BCUT2D eigenvalue weighted by Crippen LogP contribution is 2.35. The van der Waals surface area contributed by atoms with Gasteiger partial charge >= 0.3 is 0 Å². The van der Waals surface area contributed by atoms with Crippen molar-refractivity contribution in [2.45, 2.75) is 6.92 Å². The van der Waals surface area contributed by atoms with Gasteiger partial charge in [-0.1, -0.05) is 12.1 Å². The molecule has 2 aromatic carbocycles. The number of hydrogen-bond acceptors (Lipinski definition) is 7. The molecule has 8 nitrogen and oxygen atoms in total. The predicted molar refractivity (Wildman–Crippen MR) is 133 cm³/mol. The van der Waals surface area contributed by atoms with E-state index in [2.05, 4.69) is 4.99 Å². The number of morpholine rings is 1. The summed E-state index contributed by atoms with van der Waals surface area (Å²) in [5, 5.41) is 0.547. The summed E-state index contributed by atoms with van der Waals surface area (Å²) in [5.41, 5.74) is 2.01. The zero-order valence-corrected chi connectivity index (χ0v) is 20.3. The number of rotatable bonds is 6. The first kappa shape index (κ1) is 23.8. The number of nitrogens with zero attached hydrogens (tertiary/aromatic N) is 3. The van der Waals surface area contributed by atoms with Gasteiger partial charge < -0.3 is 19.1 Å². The summed E-state index contributed by atoms with van der Waals surface area (Å²) in [4.78, 5) is 34.1. The Morgan fingerprint density at radius 3 is 2.71 bits per heavy atom. The Balaban J connectivity index is 1.55. The zero-order valence-electron chi connectivity index (χ0n) is 19.4. The topological polar surface area (TPSA) is 80.7 Å². The smallest absolute Gasteiger partial charge is 0.266 e. The maximum atomic E-state index is 12.9. The van der Waals surface area contributed by atoms with E-state index in [0.29, 0.717) is 65.7 Å². The highest BCUT2D eigenvalue weighted by molar-refractivity contribution is 8.18. The number of carbonyl (C=O) groups excluding carboxylic acids is 2. The minimum atomic E-state index is -0.141. The minimum Gasteiger partial charge on any atom is -0.493 e. The van der Waals surface area contributed by atoms with E-state index in [9.17, 15) is 9.59 Å². The molecule has 2 aliphatic rings.